The predicted molar refractivity (Wildman–Crippen MR) is 172 cm³/mol. The number of fused-ring (bicyclic) bond motifs is 1. The third-order valence-corrected chi connectivity index (χ3v) is 9.50. The Bertz CT molecular complexity index is 1340. The van der Waals surface area contributed by atoms with Crippen LogP contribution in [0.25, 0.3) is 0 Å². The van der Waals surface area contributed by atoms with E-state index >= 15 is 0 Å². The molecule has 1 amide bonds. The molecule has 1 atom stereocenters. The zero-order valence-electron chi connectivity index (χ0n) is 23.3. The molecule has 6 nitrogen and oxygen atoms in total. The molecule has 0 saturated carbocycles. The summed E-state index contributed by atoms with van der Waals surface area (Å²) in [6.45, 7) is 6.16. The summed E-state index contributed by atoms with van der Waals surface area (Å²) in [4.78, 5) is 28.6. The molecule has 0 spiro atoms. The highest BCUT2D eigenvalue weighted by molar-refractivity contribution is 8.00. The molecule has 3 N–H and O–H groups in total. The lowest BCUT2D eigenvalue weighted by atomic mass is 9.96. The first-order valence-electron chi connectivity index (χ1n) is 13.9. The third kappa shape index (κ3) is 8.08. The molecule has 3 aromatic rings. The van der Waals surface area contributed by atoms with Crippen LogP contribution in [0.15, 0.2) is 53.4 Å². The van der Waals surface area contributed by atoms with Gasteiger partial charge in [-0.2, -0.15) is 0 Å². The van der Waals surface area contributed by atoms with E-state index < -0.39 is 0 Å². The zero-order chi connectivity index (χ0) is 28.5. The molecule has 0 saturated heterocycles. The van der Waals surface area contributed by atoms with Crippen LogP contribution in [-0.2, 0) is 22.4 Å². The molecule has 0 bridgehead atoms. The number of ether oxygens (including phenoxy) is 1. The van der Waals surface area contributed by atoms with Crippen molar-refractivity contribution in [2.45, 2.75) is 75.9 Å². The average molecular weight is 596 g/mol. The molecule has 212 valence electrons. The van der Waals surface area contributed by atoms with Gasteiger partial charge in [0.25, 0.3) is 0 Å². The lowest BCUT2D eigenvalue weighted by Crippen LogP contribution is -2.25. The molecule has 4 rings (SSSR count). The van der Waals surface area contributed by atoms with Gasteiger partial charge in [0, 0.05) is 21.1 Å². The monoisotopic (exact) mass is 595 g/mol. The lowest BCUT2D eigenvalue weighted by molar-refractivity contribution is -0.115. The molecular formula is C31H37N3O3S3. The van der Waals surface area contributed by atoms with Crippen molar-refractivity contribution in [1.82, 2.24) is 0 Å². The van der Waals surface area contributed by atoms with E-state index in [1.807, 2.05) is 69.3 Å². The summed E-state index contributed by atoms with van der Waals surface area (Å²) in [6.07, 6.45) is 6.94. The number of amides is 1. The first-order chi connectivity index (χ1) is 19.4. The topological polar surface area (TPSA) is 79.5 Å². The molecule has 1 aromatic heterocycles. The largest absolute Gasteiger partial charge is 0.462 e. The first-order valence-corrected chi connectivity index (χ1v) is 16.0. The van der Waals surface area contributed by atoms with Crippen molar-refractivity contribution < 1.29 is 14.3 Å². The fourth-order valence-electron chi connectivity index (χ4n) is 4.68. The van der Waals surface area contributed by atoms with Crippen LogP contribution in [0, 0.1) is 6.92 Å². The van der Waals surface area contributed by atoms with Crippen LogP contribution in [0.2, 0.25) is 0 Å². The lowest BCUT2D eigenvalue weighted by Gasteiger charge is -2.16. The van der Waals surface area contributed by atoms with Crippen LogP contribution in [-0.4, -0.2) is 28.8 Å². The van der Waals surface area contributed by atoms with Crippen molar-refractivity contribution in [3.8, 4) is 0 Å². The van der Waals surface area contributed by atoms with E-state index in [1.54, 1.807) is 0 Å². The van der Waals surface area contributed by atoms with Crippen molar-refractivity contribution in [1.29, 1.82) is 0 Å². The number of aryl methyl sites for hydroxylation is 2. The Morgan fingerprint density at radius 2 is 1.70 bits per heavy atom. The minimum Gasteiger partial charge on any atom is -0.462 e. The highest BCUT2D eigenvalue weighted by atomic mass is 32.2. The molecule has 2 aromatic carbocycles. The van der Waals surface area contributed by atoms with Crippen LogP contribution < -0.4 is 16.0 Å². The van der Waals surface area contributed by atoms with Crippen molar-refractivity contribution in [3.05, 3.63) is 70.1 Å². The van der Waals surface area contributed by atoms with Crippen LogP contribution in [0.4, 0.5) is 16.4 Å². The van der Waals surface area contributed by atoms with E-state index in [1.165, 1.54) is 40.0 Å². The Morgan fingerprint density at radius 3 is 2.42 bits per heavy atom. The molecule has 1 unspecified atom stereocenters. The standard InChI is InChI=1S/C31H37N3O3S3/c1-4-25(39-23-12-10-11-22(19-23)33-31(38)32-21-17-15-20(3)16-18-21)28(35)34-29-27(30(36)37-5-2)24-13-8-6-7-9-14-26(24)40-29/h10-12,15-19,25H,4-9,13-14H2,1-3H3,(H,34,35)(H2,32,33,38). The van der Waals surface area contributed by atoms with Crippen molar-refractivity contribution in [2.75, 3.05) is 22.6 Å². The minimum absolute atomic E-state index is 0.109. The molecular weight excluding hydrogens is 559 g/mol. The van der Waals surface area contributed by atoms with E-state index in [0.29, 0.717) is 28.7 Å². The second-order valence-electron chi connectivity index (χ2n) is 9.82. The van der Waals surface area contributed by atoms with Crippen molar-refractivity contribution in [3.63, 3.8) is 0 Å². The molecule has 40 heavy (non-hydrogen) atoms. The number of hydrogen-bond donors (Lipinski definition) is 3. The molecule has 0 fully saturated rings. The fourth-order valence-corrected chi connectivity index (χ4v) is 7.21. The minimum atomic E-state index is -0.342. The summed E-state index contributed by atoms with van der Waals surface area (Å²) in [5.41, 5.74) is 4.56. The number of hydrogen-bond acceptors (Lipinski definition) is 6. The maximum absolute atomic E-state index is 13.5. The number of anilines is 3. The van der Waals surface area contributed by atoms with Gasteiger partial charge in [0.05, 0.1) is 17.4 Å². The summed E-state index contributed by atoms with van der Waals surface area (Å²) in [6, 6.07) is 15.9. The van der Waals surface area contributed by atoms with Gasteiger partial charge < -0.3 is 20.7 Å². The third-order valence-electron chi connectivity index (χ3n) is 6.73. The first kappa shape index (κ1) is 30.1. The SMILES string of the molecule is CCOC(=O)c1c(NC(=O)C(CC)Sc2cccc(NC(=S)Nc3ccc(C)cc3)c2)sc2c1CCCCCC2. The molecule has 1 heterocycles. The number of esters is 1. The molecule has 0 aliphatic heterocycles. The van der Waals surface area contributed by atoms with Crippen LogP contribution in [0.5, 0.6) is 0 Å². The Kier molecular flexibility index (Phi) is 11.0. The number of thiocarbonyl (C=S) groups is 1. The molecule has 9 heteroatoms. The quantitative estimate of drug-likeness (QED) is 0.131. The maximum atomic E-state index is 13.5. The van der Waals surface area contributed by atoms with E-state index in [9.17, 15) is 9.59 Å². The fraction of sp³-hybridized carbons (Fsp3) is 0.387. The van der Waals surface area contributed by atoms with Gasteiger partial charge in [-0.15, -0.1) is 23.1 Å². The van der Waals surface area contributed by atoms with Crippen LogP contribution in [0.1, 0.15) is 72.3 Å². The number of thioether (sulfide) groups is 1. The zero-order valence-corrected chi connectivity index (χ0v) is 25.8. The van der Waals surface area contributed by atoms with Crippen molar-refractivity contribution in [2.24, 2.45) is 0 Å². The van der Waals surface area contributed by atoms with E-state index in [0.717, 1.165) is 53.9 Å². The van der Waals surface area contributed by atoms with Gasteiger partial charge in [-0.3, -0.25) is 4.79 Å². The number of benzene rings is 2. The van der Waals surface area contributed by atoms with Crippen molar-refractivity contribution >= 4 is 68.7 Å². The number of carbonyl (C=O) groups is 2. The van der Waals surface area contributed by atoms with Crippen LogP contribution in [0.3, 0.4) is 0 Å². The number of carbonyl (C=O) groups excluding carboxylic acids is 2. The van der Waals surface area contributed by atoms with E-state index in [-0.39, 0.29) is 17.1 Å². The van der Waals surface area contributed by atoms with Gasteiger partial charge in [-0.25, -0.2) is 4.79 Å². The second kappa shape index (κ2) is 14.7. The Morgan fingerprint density at radius 1 is 0.975 bits per heavy atom. The second-order valence-corrected chi connectivity index (χ2v) is 12.6. The summed E-state index contributed by atoms with van der Waals surface area (Å²) in [7, 11) is 0. The van der Waals surface area contributed by atoms with Gasteiger partial charge in [-0.1, -0.05) is 43.5 Å². The van der Waals surface area contributed by atoms with Gasteiger partial charge in [0.15, 0.2) is 5.11 Å². The number of nitrogens with one attached hydrogen (secondary N) is 3. The molecule has 1 aliphatic carbocycles. The van der Waals surface area contributed by atoms with Gasteiger partial charge in [-0.05, 0) is 94.1 Å². The summed E-state index contributed by atoms with van der Waals surface area (Å²) < 4.78 is 5.41. The summed E-state index contributed by atoms with van der Waals surface area (Å²) >= 11 is 8.54. The van der Waals surface area contributed by atoms with Crippen LogP contribution >= 0.6 is 35.3 Å². The van der Waals surface area contributed by atoms with Gasteiger partial charge in [0.1, 0.15) is 5.00 Å². The van der Waals surface area contributed by atoms with Gasteiger partial charge in [0.2, 0.25) is 5.91 Å². The smallest absolute Gasteiger partial charge is 0.341 e. The Hall–Kier alpha value is -2.88. The highest BCUT2D eigenvalue weighted by Crippen LogP contribution is 2.38. The van der Waals surface area contributed by atoms with Gasteiger partial charge >= 0.3 is 5.97 Å². The summed E-state index contributed by atoms with van der Waals surface area (Å²) in [5.74, 6) is -0.451. The predicted octanol–water partition coefficient (Wildman–Crippen LogP) is 8.21. The number of thiophene rings is 1. The van der Waals surface area contributed by atoms with E-state index in [4.69, 9.17) is 17.0 Å². The number of rotatable bonds is 9. The normalized spacial score (nSPS) is 13.8. The van der Waals surface area contributed by atoms with E-state index in [2.05, 4.69) is 16.0 Å². The molecule has 1 aliphatic rings. The average Bonchev–Trinajstić information content (AvgIpc) is 3.24. The Balaban J connectivity index is 1.45. The summed E-state index contributed by atoms with van der Waals surface area (Å²) in [5, 5.41) is 10.3. The maximum Gasteiger partial charge on any atom is 0.341 e. The highest BCUT2D eigenvalue weighted by Gasteiger charge is 2.28. The molecule has 0 radical (unpaired) electrons. The Labute approximate surface area is 250 Å².